The lowest BCUT2D eigenvalue weighted by molar-refractivity contribution is -0.118. The third kappa shape index (κ3) is 5.21. The normalized spacial score (nSPS) is 15.3. The zero-order valence-corrected chi connectivity index (χ0v) is 17.8. The van der Waals surface area contributed by atoms with Gasteiger partial charge in [0.1, 0.15) is 11.6 Å². The van der Waals surface area contributed by atoms with Gasteiger partial charge >= 0.3 is 0 Å². The summed E-state index contributed by atoms with van der Waals surface area (Å²) in [5.74, 6) is 0.827. The van der Waals surface area contributed by atoms with Crippen LogP contribution in [0.2, 0.25) is 0 Å². The van der Waals surface area contributed by atoms with E-state index in [1.54, 1.807) is 12.1 Å². The number of hydrogen-bond donors (Lipinski definition) is 2. The molecule has 1 aromatic carbocycles. The summed E-state index contributed by atoms with van der Waals surface area (Å²) in [7, 11) is 0. The molecule has 28 heavy (non-hydrogen) atoms. The predicted octanol–water partition coefficient (Wildman–Crippen LogP) is 3.97. The number of aryl methyl sites for hydroxylation is 1. The first kappa shape index (κ1) is 24.3. The smallest absolute Gasteiger partial charge is 0.241 e. The van der Waals surface area contributed by atoms with Gasteiger partial charge in [0.25, 0.3) is 0 Å². The summed E-state index contributed by atoms with van der Waals surface area (Å²) in [6, 6.07) is 3.95. The number of carbonyl (C=O) groups excluding carboxylic acids is 1. The Morgan fingerprint density at radius 1 is 1.29 bits per heavy atom. The molecule has 2 heterocycles. The summed E-state index contributed by atoms with van der Waals surface area (Å²) in [5.41, 5.74) is 6.81. The van der Waals surface area contributed by atoms with E-state index in [0.29, 0.717) is 5.82 Å². The molecule has 1 aliphatic heterocycles. The number of carbonyl (C=O) groups is 1. The summed E-state index contributed by atoms with van der Waals surface area (Å²) in [6.07, 6.45) is 5.04. The number of rotatable bonds is 5. The highest BCUT2D eigenvalue weighted by Gasteiger charge is 2.22. The van der Waals surface area contributed by atoms with Crippen LogP contribution in [-0.4, -0.2) is 26.7 Å². The average Bonchev–Trinajstić information content (AvgIpc) is 2.90. The van der Waals surface area contributed by atoms with E-state index in [-0.39, 0.29) is 42.3 Å². The Morgan fingerprint density at radius 3 is 2.75 bits per heavy atom. The molecule has 0 radical (unpaired) electrons. The fourth-order valence-corrected chi connectivity index (χ4v) is 3.19. The molecule has 1 amide bonds. The summed E-state index contributed by atoms with van der Waals surface area (Å²) < 4.78 is 16.3. The third-order valence-corrected chi connectivity index (χ3v) is 5.15. The van der Waals surface area contributed by atoms with E-state index in [4.69, 9.17) is 5.73 Å². The number of halogens is 3. The number of anilines is 1. The summed E-state index contributed by atoms with van der Waals surface area (Å²) >= 11 is 0. The average molecular weight is 432 g/mol. The number of aromatic nitrogens is 3. The largest absolute Gasteiger partial charge is 0.322 e. The van der Waals surface area contributed by atoms with Gasteiger partial charge in [0, 0.05) is 18.5 Å². The second-order valence-electron chi connectivity index (χ2n) is 7.00. The van der Waals surface area contributed by atoms with Crippen molar-refractivity contribution in [1.29, 1.82) is 0 Å². The first-order chi connectivity index (χ1) is 12.5. The van der Waals surface area contributed by atoms with Crippen molar-refractivity contribution in [2.75, 3.05) is 5.32 Å². The molecule has 2 atom stereocenters. The Bertz CT molecular complexity index is 799. The molecule has 0 fully saturated rings. The zero-order valence-electron chi connectivity index (χ0n) is 16.2. The highest BCUT2D eigenvalue weighted by atomic mass is 35.5. The Morgan fingerprint density at radius 2 is 2.04 bits per heavy atom. The van der Waals surface area contributed by atoms with Crippen LogP contribution in [0.4, 0.5) is 10.1 Å². The number of nitrogens with one attached hydrogen (secondary N) is 1. The van der Waals surface area contributed by atoms with E-state index >= 15 is 0 Å². The van der Waals surface area contributed by atoms with Gasteiger partial charge in [-0.15, -0.1) is 35.0 Å². The molecule has 9 heteroatoms. The van der Waals surface area contributed by atoms with Crippen LogP contribution in [0.25, 0.3) is 11.4 Å². The number of fused-ring (bicyclic) bond motifs is 1. The molecule has 0 bridgehead atoms. The van der Waals surface area contributed by atoms with Crippen molar-refractivity contribution >= 4 is 36.4 Å². The van der Waals surface area contributed by atoms with Gasteiger partial charge in [0.05, 0.1) is 11.7 Å². The lowest BCUT2D eigenvalue weighted by Gasteiger charge is -2.18. The Labute approximate surface area is 177 Å². The van der Waals surface area contributed by atoms with Gasteiger partial charge in [0.2, 0.25) is 5.91 Å². The van der Waals surface area contributed by atoms with E-state index in [1.807, 2.05) is 13.8 Å². The fourth-order valence-electron chi connectivity index (χ4n) is 3.19. The van der Waals surface area contributed by atoms with Gasteiger partial charge in [0.15, 0.2) is 5.82 Å². The minimum Gasteiger partial charge on any atom is -0.322 e. The highest BCUT2D eigenvalue weighted by Crippen LogP contribution is 2.26. The van der Waals surface area contributed by atoms with Gasteiger partial charge in [-0.2, -0.15) is 0 Å². The van der Waals surface area contributed by atoms with Crippen LogP contribution >= 0.6 is 24.8 Å². The van der Waals surface area contributed by atoms with Gasteiger partial charge in [-0.1, -0.05) is 26.7 Å². The van der Waals surface area contributed by atoms with Crippen molar-refractivity contribution in [3.8, 4) is 11.4 Å². The molecule has 3 N–H and O–H groups in total. The summed E-state index contributed by atoms with van der Waals surface area (Å²) in [4.78, 5) is 12.3. The molecule has 0 aliphatic carbocycles. The van der Waals surface area contributed by atoms with Gasteiger partial charge in [-0.25, -0.2) is 4.39 Å². The second-order valence-corrected chi connectivity index (χ2v) is 7.00. The third-order valence-electron chi connectivity index (χ3n) is 5.15. The monoisotopic (exact) mass is 431 g/mol. The van der Waals surface area contributed by atoms with Gasteiger partial charge in [-0.3, -0.25) is 4.79 Å². The van der Waals surface area contributed by atoms with Crippen molar-refractivity contribution in [3.63, 3.8) is 0 Å². The summed E-state index contributed by atoms with van der Waals surface area (Å²) in [5, 5.41) is 11.2. The maximum atomic E-state index is 14.2. The molecule has 156 valence electrons. The molecule has 2 unspecified atom stereocenters. The van der Waals surface area contributed by atoms with Crippen molar-refractivity contribution in [2.45, 2.75) is 58.5 Å². The summed E-state index contributed by atoms with van der Waals surface area (Å²) in [6.45, 7) is 4.73. The van der Waals surface area contributed by atoms with Crippen LogP contribution in [0.1, 0.15) is 45.4 Å². The lowest BCUT2D eigenvalue weighted by Crippen LogP contribution is -2.40. The molecule has 2 aromatic rings. The van der Waals surface area contributed by atoms with Gasteiger partial charge < -0.3 is 15.6 Å². The maximum absolute atomic E-state index is 14.2. The fraction of sp³-hybridized carbons (Fsp3) is 0.526. The minimum absolute atomic E-state index is 0. The second kappa shape index (κ2) is 10.7. The minimum atomic E-state index is -0.674. The lowest BCUT2D eigenvalue weighted by atomic mass is 9.99. The van der Waals surface area contributed by atoms with E-state index in [2.05, 4.69) is 20.1 Å². The maximum Gasteiger partial charge on any atom is 0.241 e. The molecule has 1 aliphatic rings. The van der Waals surface area contributed by atoms with E-state index in [9.17, 15) is 9.18 Å². The van der Waals surface area contributed by atoms with Crippen LogP contribution in [0.3, 0.4) is 0 Å². The standard InChI is InChI=1S/C19H26FN5O.2ClH/c1-3-12(2)17(21)19(26)22-15-11-13(8-9-14(15)20)18-24-23-16-7-5-4-6-10-25(16)18;;/h8-9,11-12,17H,3-7,10,21H2,1-2H3,(H,22,26);2*1H. The molecule has 0 saturated carbocycles. The molecular weight excluding hydrogens is 404 g/mol. The predicted molar refractivity (Wildman–Crippen MR) is 114 cm³/mol. The van der Waals surface area contributed by atoms with Crippen LogP contribution in [0.15, 0.2) is 18.2 Å². The molecule has 0 spiro atoms. The number of nitrogens with two attached hydrogens (primary N) is 1. The van der Waals surface area contributed by atoms with Crippen molar-refractivity contribution in [3.05, 3.63) is 29.8 Å². The van der Waals surface area contributed by atoms with E-state index in [0.717, 1.165) is 43.6 Å². The number of benzene rings is 1. The molecular formula is C19H28Cl2FN5O. The first-order valence-electron chi connectivity index (χ1n) is 9.29. The number of hydrogen-bond acceptors (Lipinski definition) is 4. The first-order valence-corrected chi connectivity index (χ1v) is 9.29. The van der Waals surface area contributed by atoms with Gasteiger partial charge in [-0.05, 0) is 37.0 Å². The number of amides is 1. The topological polar surface area (TPSA) is 85.8 Å². The Balaban J connectivity index is 0.00000196. The van der Waals surface area contributed by atoms with Crippen LogP contribution in [0, 0.1) is 11.7 Å². The molecule has 0 saturated heterocycles. The Hall–Kier alpha value is -1.70. The van der Waals surface area contributed by atoms with E-state index in [1.165, 1.54) is 12.5 Å². The Kier molecular flexibility index (Phi) is 9.33. The van der Waals surface area contributed by atoms with Crippen LogP contribution in [0.5, 0.6) is 0 Å². The SMILES string of the molecule is CCC(C)C(N)C(=O)Nc1cc(-c2nnc3n2CCCCC3)ccc1F.Cl.Cl. The van der Waals surface area contributed by atoms with Crippen molar-refractivity contribution in [1.82, 2.24) is 14.8 Å². The molecule has 3 rings (SSSR count). The van der Waals surface area contributed by atoms with Crippen molar-refractivity contribution in [2.24, 2.45) is 11.7 Å². The van der Waals surface area contributed by atoms with Crippen molar-refractivity contribution < 1.29 is 9.18 Å². The number of nitrogens with zero attached hydrogens (tertiary/aromatic N) is 3. The van der Waals surface area contributed by atoms with Crippen LogP contribution < -0.4 is 11.1 Å². The molecule has 1 aromatic heterocycles. The quantitative estimate of drug-likeness (QED) is 0.749. The zero-order chi connectivity index (χ0) is 18.7. The van der Waals surface area contributed by atoms with E-state index < -0.39 is 11.9 Å². The van der Waals surface area contributed by atoms with Crippen LogP contribution in [-0.2, 0) is 17.8 Å². The molecule has 6 nitrogen and oxygen atoms in total. The highest BCUT2D eigenvalue weighted by molar-refractivity contribution is 5.95.